The minimum atomic E-state index is 0. The first-order chi connectivity index (χ1) is 8.16. The third kappa shape index (κ3) is 4.23. The van der Waals surface area contributed by atoms with Gasteiger partial charge in [0.25, 0.3) is 0 Å². The first-order valence-electron chi connectivity index (χ1n) is 6.38. The predicted molar refractivity (Wildman–Crippen MR) is 83.0 cm³/mol. The molecule has 0 saturated carbocycles. The topological polar surface area (TPSA) is 29.3 Å². The second-order valence-electron chi connectivity index (χ2n) is 5.06. The smallest absolute Gasteiger partial charge is 0.0244 e. The Morgan fingerprint density at radius 2 is 1.94 bits per heavy atom. The van der Waals surface area contributed by atoms with Crippen LogP contribution in [0.1, 0.15) is 25.3 Å². The number of piperidine rings is 1. The Bertz CT molecular complexity index is 363. The van der Waals surface area contributed by atoms with E-state index in [-0.39, 0.29) is 12.4 Å². The molecule has 0 spiro atoms. The second kappa shape index (κ2) is 7.49. The van der Waals surface area contributed by atoms with Crippen molar-refractivity contribution in [2.45, 2.75) is 32.4 Å². The molecule has 1 fully saturated rings. The monoisotopic (exact) mass is 332 g/mol. The van der Waals surface area contributed by atoms with Gasteiger partial charge in [-0.2, -0.15) is 0 Å². The molecule has 18 heavy (non-hydrogen) atoms. The molecule has 1 saturated heterocycles. The maximum Gasteiger partial charge on any atom is 0.0244 e. The first kappa shape index (κ1) is 16.0. The average Bonchev–Trinajstić information content (AvgIpc) is 2.33. The number of nitrogens with zero attached hydrogens (tertiary/aromatic N) is 1. The fourth-order valence-electron chi connectivity index (χ4n) is 2.50. The summed E-state index contributed by atoms with van der Waals surface area (Å²) in [4.78, 5) is 2.53. The van der Waals surface area contributed by atoms with Gasteiger partial charge < -0.3 is 5.73 Å². The van der Waals surface area contributed by atoms with Crippen molar-refractivity contribution in [1.82, 2.24) is 4.90 Å². The first-order valence-corrected chi connectivity index (χ1v) is 7.17. The number of benzene rings is 1. The summed E-state index contributed by atoms with van der Waals surface area (Å²) in [6, 6.07) is 8.83. The van der Waals surface area contributed by atoms with Gasteiger partial charge in [-0.3, -0.25) is 4.90 Å². The Morgan fingerprint density at radius 3 is 2.50 bits per heavy atom. The van der Waals surface area contributed by atoms with Gasteiger partial charge in [-0.15, -0.1) is 12.4 Å². The summed E-state index contributed by atoms with van der Waals surface area (Å²) in [5, 5.41) is 0. The number of halogens is 2. The van der Waals surface area contributed by atoms with E-state index in [2.05, 4.69) is 52.0 Å². The summed E-state index contributed by atoms with van der Waals surface area (Å²) >= 11 is 3.61. The minimum absolute atomic E-state index is 0. The van der Waals surface area contributed by atoms with Crippen molar-refractivity contribution < 1.29 is 0 Å². The molecular weight excluding hydrogens is 312 g/mol. The molecule has 0 bridgehead atoms. The molecule has 1 aliphatic rings. The third-order valence-electron chi connectivity index (χ3n) is 3.73. The van der Waals surface area contributed by atoms with Gasteiger partial charge in [0.1, 0.15) is 0 Å². The van der Waals surface area contributed by atoms with E-state index in [9.17, 15) is 0 Å². The molecule has 0 aliphatic carbocycles. The van der Waals surface area contributed by atoms with E-state index in [0.29, 0.717) is 12.0 Å². The Morgan fingerprint density at radius 1 is 1.33 bits per heavy atom. The van der Waals surface area contributed by atoms with Crippen LogP contribution in [0.5, 0.6) is 0 Å². The van der Waals surface area contributed by atoms with Crippen LogP contribution in [0.2, 0.25) is 0 Å². The van der Waals surface area contributed by atoms with Crippen molar-refractivity contribution >= 4 is 28.3 Å². The van der Waals surface area contributed by atoms with Gasteiger partial charge in [-0.1, -0.05) is 34.1 Å². The van der Waals surface area contributed by atoms with Gasteiger partial charge in [0.2, 0.25) is 0 Å². The van der Waals surface area contributed by atoms with E-state index in [4.69, 9.17) is 5.73 Å². The summed E-state index contributed by atoms with van der Waals surface area (Å²) < 4.78 is 1.22. The number of likely N-dealkylation sites (tertiary alicyclic amines) is 1. The fraction of sp³-hybridized carbons (Fsp3) is 0.571. The molecule has 102 valence electrons. The standard InChI is InChI=1S/C14H21BrN2.ClH/c1-11(16)12-6-8-17(9-7-12)10-13-4-2-3-5-14(13)15;/h2-5,11-12H,6-10,16H2,1H3;1H. The van der Waals surface area contributed by atoms with Gasteiger partial charge >= 0.3 is 0 Å². The molecule has 0 amide bonds. The maximum atomic E-state index is 5.96. The Balaban J connectivity index is 0.00000162. The van der Waals surface area contributed by atoms with Crippen LogP contribution in [0.15, 0.2) is 28.7 Å². The SMILES string of the molecule is CC(N)C1CCN(Cc2ccccc2Br)CC1.Cl. The van der Waals surface area contributed by atoms with Crippen LogP contribution >= 0.6 is 28.3 Å². The molecule has 1 aliphatic heterocycles. The number of nitrogens with two attached hydrogens (primary N) is 1. The van der Waals surface area contributed by atoms with E-state index in [1.54, 1.807) is 0 Å². The molecule has 0 radical (unpaired) electrons. The normalized spacial score (nSPS) is 19.3. The summed E-state index contributed by atoms with van der Waals surface area (Å²) in [6.07, 6.45) is 2.48. The molecule has 1 unspecified atom stereocenters. The largest absolute Gasteiger partial charge is 0.328 e. The van der Waals surface area contributed by atoms with E-state index in [1.807, 2.05) is 0 Å². The Kier molecular flexibility index (Phi) is 6.64. The lowest BCUT2D eigenvalue weighted by Crippen LogP contribution is -2.39. The summed E-state index contributed by atoms with van der Waals surface area (Å²) in [5.74, 6) is 0.713. The van der Waals surface area contributed by atoms with E-state index < -0.39 is 0 Å². The summed E-state index contributed by atoms with van der Waals surface area (Å²) in [7, 11) is 0. The molecule has 0 aromatic heterocycles. The van der Waals surface area contributed by atoms with Crippen molar-refractivity contribution in [2.24, 2.45) is 11.7 Å². The highest BCUT2D eigenvalue weighted by Gasteiger charge is 2.21. The molecule has 1 heterocycles. The summed E-state index contributed by atoms with van der Waals surface area (Å²) in [6.45, 7) is 5.53. The zero-order chi connectivity index (χ0) is 12.3. The quantitative estimate of drug-likeness (QED) is 0.918. The van der Waals surface area contributed by atoms with Crippen LogP contribution in [-0.2, 0) is 6.54 Å². The minimum Gasteiger partial charge on any atom is -0.328 e. The predicted octanol–water partition coefficient (Wildman–Crippen LogP) is 3.43. The molecule has 1 aromatic carbocycles. The zero-order valence-corrected chi connectivity index (χ0v) is 13.2. The molecule has 2 nitrogen and oxygen atoms in total. The highest BCUT2D eigenvalue weighted by molar-refractivity contribution is 9.10. The van der Waals surface area contributed by atoms with Crippen molar-refractivity contribution in [3.63, 3.8) is 0 Å². The highest BCUT2D eigenvalue weighted by atomic mass is 79.9. The van der Waals surface area contributed by atoms with E-state index in [1.165, 1.54) is 36.0 Å². The van der Waals surface area contributed by atoms with E-state index >= 15 is 0 Å². The average molecular weight is 334 g/mol. The maximum absolute atomic E-state index is 5.96. The number of hydrogen-bond acceptors (Lipinski definition) is 2. The van der Waals surface area contributed by atoms with Gasteiger partial charge in [0.15, 0.2) is 0 Å². The lowest BCUT2D eigenvalue weighted by atomic mass is 9.91. The van der Waals surface area contributed by atoms with Crippen LogP contribution in [0.3, 0.4) is 0 Å². The lowest BCUT2D eigenvalue weighted by Gasteiger charge is -2.33. The molecule has 4 heteroatoms. The van der Waals surface area contributed by atoms with Crippen molar-refractivity contribution in [2.75, 3.05) is 13.1 Å². The second-order valence-corrected chi connectivity index (χ2v) is 5.92. The summed E-state index contributed by atoms with van der Waals surface area (Å²) in [5.41, 5.74) is 7.34. The number of hydrogen-bond donors (Lipinski definition) is 1. The van der Waals surface area contributed by atoms with Crippen LogP contribution in [0.4, 0.5) is 0 Å². The van der Waals surface area contributed by atoms with Gasteiger partial charge in [0, 0.05) is 17.1 Å². The van der Waals surface area contributed by atoms with Gasteiger partial charge in [-0.25, -0.2) is 0 Å². The molecule has 2 rings (SSSR count). The van der Waals surface area contributed by atoms with Crippen molar-refractivity contribution in [3.8, 4) is 0 Å². The van der Waals surface area contributed by atoms with Crippen molar-refractivity contribution in [3.05, 3.63) is 34.3 Å². The van der Waals surface area contributed by atoms with Crippen LogP contribution < -0.4 is 5.73 Å². The van der Waals surface area contributed by atoms with Gasteiger partial charge in [0.05, 0.1) is 0 Å². The molecule has 1 aromatic rings. The van der Waals surface area contributed by atoms with Crippen LogP contribution in [-0.4, -0.2) is 24.0 Å². The molecular formula is C14H22BrClN2. The van der Waals surface area contributed by atoms with Crippen LogP contribution in [0.25, 0.3) is 0 Å². The molecule has 2 N–H and O–H groups in total. The Hall–Kier alpha value is -0.0900. The highest BCUT2D eigenvalue weighted by Crippen LogP contribution is 2.23. The Labute approximate surface area is 124 Å². The molecule has 1 atom stereocenters. The van der Waals surface area contributed by atoms with Crippen LogP contribution in [0, 0.1) is 5.92 Å². The fourth-order valence-corrected chi connectivity index (χ4v) is 2.91. The van der Waals surface area contributed by atoms with Gasteiger partial charge in [-0.05, 0) is 50.4 Å². The number of rotatable bonds is 3. The third-order valence-corrected chi connectivity index (χ3v) is 4.50. The lowest BCUT2D eigenvalue weighted by molar-refractivity contribution is 0.165. The zero-order valence-electron chi connectivity index (χ0n) is 10.8. The van der Waals surface area contributed by atoms with Crippen molar-refractivity contribution in [1.29, 1.82) is 0 Å². The van der Waals surface area contributed by atoms with E-state index in [0.717, 1.165) is 6.54 Å².